The predicted molar refractivity (Wildman–Crippen MR) is 137 cm³/mol. The molecule has 35 heavy (non-hydrogen) atoms. The maximum Gasteiger partial charge on any atom is 0.271 e. The number of sulfonamides is 1. The van der Waals surface area contributed by atoms with Crippen LogP contribution in [0.4, 0.5) is 5.13 Å². The second-order valence-corrected chi connectivity index (χ2v) is 11.4. The van der Waals surface area contributed by atoms with Gasteiger partial charge in [0, 0.05) is 24.9 Å². The minimum absolute atomic E-state index is 0.0424. The third-order valence-electron chi connectivity index (χ3n) is 5.11. The van der Waals surface area contributed by atoms with Crippen molar-refractivity contribution in [1.29, 1.82) is 0 Å². The highest BCUT2D eigenvalue weighted by Crippen LogP contribution is 2.17. The molecule has 0 spiro atoms. The van der Waals surface area contributed by atoms with Crippen LogP contribution in [0.3, 0.4) is 0 Å². The number of hydrogen-bond donors (Lipinski definition) is 4. The summed E-state index contributed by atoms with van der Waals surface area (Å²) in [5.74, 6) is -0.248. The number of hydrazine groups is 1. The number of aliphatic hydroxyl groups excluding tert-OH is 1. The normalized spacial score (nSPS) is 13.5. The molecule has 1 aromatic heterocycles. The fourth-order valence-electron chi connectivity index (χ4n) is 3.24. The Morgan fingerprint density at radius 3 is 2.49 bits per heavy atom. The van der Waals surface area contributed by atoms with Crippen molar-refractivity contribution in [2.24, 2.45) is 5.92 Å². The molecule has 4 N–H and O–H groups in total. The number of nitrogens with zero attached hydrogens (tertiary/aromatic N) is 2. The molecule has 2 rings (SSSR count). The quantitative estimate of drug-likeness (QED) is 0.277. The minimum atomic E-state index is -3.52. The number of amides is 2. The minimum Gasteiger partial charge on any atom is -0.390 e. The number of aromatic nitrogens is 1. The molecule has 194 valence electrons. The van der Waals surface area contributed by atoms with E-state index in [9.17, 15) is 23.1 Å². The first-order chi connectivity index (χ1) is 16.5. The van der Waals surface area contributed by atoms with E-state index in [1.54, 1.807) is 5.01 Å². The van der Waals surface area contributed by atoms with Crippen molar-refractivity contribution in [2.45, 2.75) is 52.2 Å². The first kappa shape index (κ1) is 28.7. The number of benzene rings is 1. The summed E-state index contributed by atoms with van der Waals surface area (Å²) in [5, 5.41) is 17.0. The van der Waals surface area contributed by atoms with Crippen LogP contribution in [0.1, 0.15) is 49.7 Å². The molecular weight excluding hydrogens is 490 g/mol. The number of carbonyl (C=O) groups excluding carboxylic acids is 2. The summed E-state index contributed by atoms with van der Waals surface area (Å²) in [7, 11) is -3.52. The maximum absolute atomic E-state index is 12.9. The number of rotatable bonds is 14. The van der Waals surface area contributed by atoms with Crippen LogP contribution >= 0.6 is 11.3 Å². The van der Waals surface area contributed by atoms with Crippen molar-refractivity contribution in [3.8, 4) is 0 Å². The first-order valence-electron chi connectivity index (χ1n) is 11.5. The molecule has 0 aliphatic carbocycles. The van der Waals surface area contributed by atoms with Crippen molar-refractivity contribution in [3.05, 3.63) is 47.0 Å². The van der Waals surface area contributed by atoms with Crippen LogP contribution < -0.4 is 15.5 Å². The molecule has 0 saturated heterocycles. The van der Waals surface area contributed by atoms with Gasteiger partial charge in [-0.1, -0.05) is 51.1 Å². The van der Waals surface area contributed by atoms with E-state index in [2.05, 4.69) is 20.4 Å². The number of carbonyl (C=O) groups is 2. The smallest absolute Gasteiger partial charge is 0.271 e. The van der Waals surface area contributed by atoms with Crippen LogP contribution in [-0.4, -0.2) is 66.8 Å². The van der Waals surface area contributed by atoms with Gasteiger partial charge in [0.1, 0.15) is 5.69 Å². The molecule has 0 fully saturated rings. The highest BCUT2D eigenvalue weighted by Gasteiger charge is 2.26. The predicted octanol–water partition coefficient (Wildman–Crippen LogP) is 2.01. The van der Waals surface area contributed by atoms with Gasteiger partial charge in [-0.15, -0.1) is 11.3 Å². The molecule has 1 aromatic carbocycles. The molecule has 2 aromatic rings. The molecule has 0 aliphatic rings. The van der Waals surface area contributed by atoms with Gasteiger partial charge in [0.05, 0.1) is 18.4 Å². The summed E-state index contributed by atoms with van der Waals surface area (Å²) in [6.45, 7) is 6.55. The molecule has 2 amide bonds. The second kappa shape index (κ2) is 13.5. The summed E-state index contributed by atoms with van der Waals surface area (Å²) in [6.07, 6.45) is 1.51. The molecular formula is C23H35N5O5S2. The molecule has 1 heterocycles. The van der Waals surface area contributed by atoms with Crippen molar-refractivity contribution >= 4 is 38.3 Å². The van der Waals surface area contributed by atoms with Gasteiger partial charge in [0.15, 0.2) is 5.13 Å². The van der Waals surface area contributed by atoms with E-state index in [1.807, 2.05) is 51.1 Å². The molecule has 0 radical (unpaired) electrons. The Morgan fingerprint density at radius 1 is 1.20 bits per heavy atom. The van der Waals surface area contributed by atoms with E-state index in [-0.39, 0.29) is 23.3 Å². The zero-order chi connectivity index (χ0) is 26.0. The summed E-state index contributed by atoms with van der Waals surface area (Å²) >= 11 is 0.991. The van der Waals surface area contributed by atoms with Gasteiger partial charge in [-0.3, -0.25) is 19.7 Å². The summed E-state index contributed by atoms with van der Waals surface area (Å²) in [4.78, 5) is 29.2. The van der Waals surface area contributed by atoms with Gasteiger partial charge in [0.25, 0.3) is 5.91 Å². The standard InChI is InChI=1S/C23H35N5O5S2/c1-5-28(26-21(30)12-11-16(2)3)14-20(29)18(13-17-9-7-6-8-10-17)24-22(31)19-15-34-23(25-19)27-35(4,32)33/h6-10,15-16,18,20,29H,5,11-14H2,1-4H3,(H,24,31)(H,25,27)(H,26,30)/t18-,20-/m0/s1. The average molecular weight is 526 g/mol. The van der Waals surface area contributed by atoms with Crippen LogP contribution in [0, 0.1) is 5.92 Å². The van der Waals surface area contributed by atoms with Gasteiger partial charge in [-0.25, -0.2) is 18.4 Å². The third-order valence-corrected chi connectivity index (χ3v) is 6.56. The Labute approximate surface area is 211 Å². The molecule has 0 bridgehead atoms. The van der Waals surface area contributed by atoms with E-state index in [0.29, 0.717) is 25.3 Å². The highest BCUT2D eigenvalue weighted by atomic mass is 32.2. The zero-order valence-corrected chi connectivity index (χ0v) is 22.2. The van der Waals surface area contributed by atoms with Crippen LogP contribution in [0.2, 0.25) is 0 Å². The van der Waals surface area contributed by atoms with Gasteiger partial charge >= 0.3 is 0 Å². The molecule has 10 nitrogen and oxygen atoms in total. The lowest BCUT2D eigenvalue weighted by Gasteiger charge is -2.29. The first-order valence-corrected chi connectivity index (χ1v) is 14.2. The van der Waals surface area contributed by atoms with Crippen molar-refractivity contribution in [1.82, 2.24) is 20.7 Å². The second-order valence-electron chi connectivity index (χ2n) is 8.76. The summed E-state index contributed by atoms with van der Waals surface area (Å²) in [6, 6.07) is 8.74. The Hall–Kier alpha value is -2.54. The van der Waals surface area contributed by atoms with Gasteiger partial charge in [0.2, 0.25) is 15.9 Å². The Morgan fingerprint density at radius 2 is 1.89 bits per heavy atom. The largest absolute Gasteiger partial charge is 0.390 e. The molecule has 12 heteroatoms. The fourth-order valence-corrected chi connectivity index (χ4v) is 4.78. The summed E-state index contributed by atoms with van der Waals surface area (Å²) < 4.78 is 25.1. The van der Waals surface area contributed by atoms with E-state index in [4.69, 9.17) is 0 Å². The number of thiazole rings is 1. The number of nitrogens with one attached hydrogen (secondary N) is 3. The van der Waals surface area contributed by atoms with Crippen molar-refractivity contribution < 1.29 is 23.1 Å². The van der Waals surface area contributed by atoms with E-state index in [1.165, 1.54) is 5.38 Å². The molecule has 0 unspecified atom stereocenters. The Bertz CT molecular complexity index is 1060. The highest BCUT2D eigenvalue weighted by molar-refractivity contribution is 7.92. The third kappa shape index (κ3) is 10.7. The van der Waals surface area contributed by atoms with Gasteiger partial charge in [-0.2, -0.15) is 0 Å². The molecule has 0 aliphatic heterocycles. The van der Waals surface area contributed by atoms with Crippen molar-refractivity contribution in [3.63, 3.8) is 0 Å². The molecule has 0 saturated carbocycles. The Kier molecular flexibility index (Phi) is 11.1. The fraction of sp³-hybridized carbons (Fsp3) is 0.522. The monoisotopic (exact) mass is 525 g/mol. The van der Waals surface area contributed by atoms with Gasteiger partial charge in [-0.05, 0) is 24.3 Å². The number of hydrogen-bond acceptors (Lipinski definition) is 8. The van der Waals surface area contributed by atoms with E-state index >= 15 is 0 Å². The average Bonchev–Trinajstić information content (AvgIpc) is 3.24. The van der Waals surface area contributed by atoms with E-state index < -0.39 is 28.1 Å². The topological polar surface area (TPSA) is 141 Å². The van der Waals surface area contributed by atoms with Crippen LogP contribution in [0.25, 0.3) is 0 Å². The SMILES string of the molecule is CCN(C[C@H](O)[C@H](Cc1ccccc1)NC(=O)c1csc(NS(C)(=O)=O)n1)NC(=O)CCC(C)C. The lowest BCUT2D eigenvalue weighted by atomic mass is 10.0. The van der Waals surface area contributed by atoms with Gasteiger partial charge < -0.3 is 10.4 Å². The molecule has 2 atom stereocenters. The number of aliphatic hydroxyl groups is 1. The lowest BCUT2D eigenvalue weighted by molar-refractivity contribution is -0.126. The van der Waals surface area contributed by atoms with Crippen LogP contribution in [0.5, 0.6) is 0 Å². The van der Waals surface area contributed by atoms with Crippen LogP contribution in [-0.2, 0) is 21.2 Å². The zero-order valence-electron chi connectivity index (χ0n) is 20.5. The number of anilines is 1. The number of likely N-dealkylation sites (N-methyl/N-ethyl adjacent to an activating group) is 1. The summed E-state index contributed by atoms with van der Waals surface area (Å²) in [5.41, 5.74) is 3.79. The van der Waals surface area contributed by atoms with Crippen molar-refractivity contribution in [2.75, 3.05) is 24.1 Å². The Balaban J connectivity index is 2.11. The maximum atomic E-state index is 12.9. The van der Waals surface area contributed by atoms with E-state index in [0.717, 1.165) is 29.6 Å². The lowest BCUT2D eigenvalue weighted by Crippen LogP contribution is -2.53. The van der Waals surface area contributed by atoms with Crippen LogP contribution in [0.15, 0.2) is 35.7 Å².